The molecule has 0 unspecified atom stereocenters. The first kappa shape index (κ1) is 17.6. The summed E-state index contributed by atoms with van der Waals surface area (Å²) in [5.41, 5.74) is 4.22. The van der Waals surface area contributed by atoms with Crippen LogP contribution in [0, 0.1) is 5.82 Å². The maximum absolute atomic E-state index is 14.3. The van der Waals surface area contributed by atoms with Gasteiger partial charge in [-0.05, 0) is 38.5 Å². The lowest BCUT2D eigenvalue weighted by atomic mass is 9.62. The molecule has 1 amide bonds. The highest BCUT2D eigenvalue weighted by atomic mass is 19.3. The van der Waals surface area contributed by atoms with Gasteiger partial charge in [0.15, 0.2) is 0 Å². The van der Waals surface area contributed by atoms with Gasteiger partial charge in [-0.2, -0.15) is 0 Å². The van der Waals surface area contributed by atoms with E-state index < -0.39 is 41.7 Å². The van der Waals surface area contributed by atoms with Crippen LogP contribution in [0.15, 0.2) is 18.2 Å². The Hall–Kier alpha value is -1.76. The van der Waals surface area contributed by atoms with Crippen molar-refractivity contribution in [3.05, 3.63) is 29.6 Å². The summed E-state index contributed by atoms with van der Waals surface area (Å²) >= 11 is 0. The maximum Gasteiger partial charge on any atom is 0.412 e. The molecule has 4 nitrogen and oxygen atoms in total. The van der Waals surface area contributed by atoms with Gasteiger partial charge in [-0.15, -0.1) is 0 Å². The standard InChI is InChI=1S/C16H21F3N2O2/c1-14(2,3)23-13(22)21-10-4-5-11(12(17)6-10)15(9-20)7-16(18,19)8-15/h4-6H,7-9,20H2,1-3H3,(H,21,22). The van der Waals surface area contributed by atoms with Gasteiger partial charge in [0.05, 0.1) is 0 Å². The molecule has 1 aliphatic carbocycles. The third-order valence-electron chi connectivity index (χ3n) is 3.77. The van der Waals surface area contributed by atoms with E-state index >= 15 is 0 Å². The van der Waals surface area contributed by atoms with E-state index in [-0.39, 0.29) is 17.8 Å². The lowest BCUT2D eigenvalue weighted by Gasteiger charge is -2.47. The predicted molar refractivity (Wildman–Crippen MR) is 81.2 cm³/mol. The van der Waals surface area contributed by atoms with Gasteiger partial charge in [-0.1, -0.05) is 6.07 Å². The van der Waals surface area contributed by atoms with Crippen LogP contribution in [-0.2, 0) is 10.2 Å². The lowest BCUT2D eigenvalue weighted by molar-refractivity contribution is -0.124. The highest BCUT2D eigenvalue weighted by molar-refractivity contribution is 5.84. The molecule has 0 bridgehead atoms. The summed E-state index contributed by atoms with van der Waals surface area (Å²) in [5, 5.41) is 2.41. The van der Waals surface area contributed by atoms with Crippen LogP contribution in [0.25, 0.3) is 0 Å². The summed E-state index contributed by atoms with van der Waals surface area (Å²) in [6.45, 7) is 5.06. The van der Waals surface area contributed by atoms with Crippen LogP contribution in [0.5, 0.6) is 0 Å². The van der Waals surface area contributed by atoms with Crippen LogP contribution in [0.4, 0.5) is 23.7 Å². The summed E-state index contributed by atoms with van der Waals surface area (Å²) in [5.74, 6) is -3.47. The fourth-order valence-electron chi connectivity index (χ4n) is 2.83. The smallest absolute Gasteiger partial charge is 0.412 e. The third-order valence-corrected chi connectivity index (χ3v) is 3.77. The van der Waals surface area contributed by atoms with Crippen LogP contribution in [0.3, 0.4) is 0 Å². The second kappa shape index (κ2) is 5.70. The number of amides is 1. The molecule has 0 spiro atoms. The number of carbonyl (C=O) groups excluding carboxylic acids is 1. The van der Waals surface area contributed by atoms with E-state index in [1.807, 2.05) is 0 Å². The van der Waals surface area contributed by atoms with Crippen molar-refractivity contribution in [3.63, 3.8) is 0 Å². The average Bonchev–Trinajstić information content (AvgIpc) is 2.33. The van der Waals surface area contributed by atoms with Gasteiger partial charge in [-0.25, -0.2) is 18.0 Å². The fourth-order valence-corrected chi connectivity index (χ4v) is 2.83. The molecule has 0 heterocycles. The molecule has 1 aliphatic rings. The number of halogens is 3. The zero-order valence-corrected chi connectivity index (χ0v) is 13.4. The van der Waals surface area contributed by atoms with Gasteiger partial charge in [0.2, 0.25) is 5.92 Å². The summed E-state index contributed by atoms with van der Waals surface area (Å²) in [6, 6.07) is 3.94. The third kappa shape index (κ3) is 3.96. The minimum atomic E-state index is -2.81. The van der Waals surface area contributed by atoms with Crippen LogP contribution < -0.4 is 11.1 Å². The molecule has 2 rings (SSSR count). The molecule has 0 radical (unpaired) electrons. The molecule has 1 aromatic rings. The summed E-state index contributed by atoms with van der Waals surface area (Å²) in [6.07, 6.45) is -1.65. The zero-order chi connectivity index (χ0) is 17.5. The molecule has 7 heteroatoms. The van der Waals surface area contributed by atoms with Crippen molar-refractivity contribution in [1.29, 1.82) is 0 Å². The van der Waals surface area contributed by atoms with E-state index in [4.69, 9.17) is 10.5 Å². The molecule has 0 atom stereocenters. The minimum Gasteiger partial charge on any atom is -0.444 e. The van der Waals surface area contributed by atoms with E-state index in [0.29, 0.717) is 0 Å². The Morgan fingerprint density at radius 3 is 2.39 bits per heavy atom. The quantitative estimate of drug-likeness (QED) is 0.886. The molecular weight excluding hydrogens is 309 g/mol. The maximum atomic E-state index is 14.3. The minimum absolute atomic E-state index is 0.0572. The van der Waals surface area contributed by atoms with Crippen molar-refractivity contribution in [2.75, 3.05) is 11.9 Å². The van der Waals surface area contributed by atoms with Crippen LogP contribution in [0.2, 0.25) is 0 Å². The monoisotopic (exact) mass is 330 g/mol. The number of carbonyl (C=O) groups is 1. The van der Waals surface area contributed by atoms with Gasteiger partial charge < -0.3 is 10.5 Å². The van der Waals surface area contributed by atoms with Crippen LogP contribution >= 0.6 is 0 Å². The first-order valence-electron chi connectivity index (χ1n) is 7.34. The first-order chi connectivity index (χ1) is 10.5. The van der Waals surface area contributed by atoms with Crippen molar-refractivity contribution < 1.29 is 22.7 Å². The molecule has 0 saturated heterocycles. The van der Waals surface area contributed by atoms with E-state index in [1.165, 1.54) is 12.1 Å². The summed E-state index contributed by atoms with van der Waals surface area (Å²) in [7, 11) is 0. The Labute approximate surface area is 133 Å². The topological polar surface area (TPSA) is 64.3 Å². The number of hydrogen-bond donors (Lipinski definition) is 2. The van der Waals surface area contributed by atoms with Crippen molar-refractivity contribution in [3.8, 4) is 0 Å². The summed E-state index contributed by atoms with van der Waals surface area (Å²) < 4.78 is 45.8. The number of nitrogens with one attached hydrogen (secondary N) is 1. The molecule has 23 heavy (non-hydrogen) atoms. The number of alkyl halides is 2. The Bertz CT molecular complexity index is 604. The second-order valence-electron chi connectivity index (χ2n) is 7.02. The van der Waals surface area contributed by atoms with Gasteiger partial charge in [-0.3, -0.25) is 5.32 Å². The SMILES string of the molecule is CC(C)(C)OC(=O)Nc1ccc(C2(CN)CC(F)(F)C2)c(F)c1. The largest absolute Gasteiger partial charge is 0.444 e. The number of anilines is 1. The van der Waals surface area contributed by atoms with Crippen LogP contribution in [0.1, 0.15) is 39.2 Å². The molecule has 0 aromatic heterocycles. The Morgan fingerprint density at radius 2 is 1.96 bits per heavy atom. The van der Waals surface area contributed by atoms with Crippen LogP contribution in [-0.4, -0.2) is 24.2 Å². The number of benzene rings is 1. The van der Waals surface area contributed by atoms with Gasteiger partial charge in [0, 0.05) is 30.5 Å². The zero-order valence-electron chi connectivity index (χ0n) is 13.4. The molecule has 1 aromatic carbocycles. The molecule has 3 N–H and O–H groups in total. The predicted octanol–water partition coefficient (Wildman–Crippen LogP) is 3.80. The molecular formula is C16H21F3N2O2. The Balaban J connectivity index is 2.14. The van der Waals surface area contributed by atoms with Crippen molar-refractivity contribution in [2.24, 2.45) is 5.73 Å². The van der Waals surface area contributed by atoms with E-state index in [0.717, 1.165) is 6.07 Å². The average molecular weight is 330 g/mol. The normalized spacial score (nSPS) is 18.9. The molecule has 0 aliphatic heterocycles. The first-order valence-corrected chi connectivity index (χ1v) is 7.34. The van der Waals surface area contributed by atoms with Gasteiger partial charge in [0.25, 0.3) is 0 Å². The second-order valence-corrected chi connectivity index (χ2v) is 7.02. The van der Waals surface area contributed by atoms with Crippen molar-refractivity contribution in [1.82, 2.24) is 0 Å². The number of ether oxygens (including phenoxy) is 1. The van der Waals surface area contributed by atoms with Crippen molar-refractivity contribution in [2.45, 2.75) is 50.6 Å². The van der Waals surface area contributed by atoms with Gasteiger partial charge >= 0.3 is 6.09 Å². The van der Waals surface area contributed by atoms with Crippen molar-refractivity contribution >= 4 is 11.8 Å². The number of rotatable bonds is 3. The Morgan fingerprint density at radius 1 is 1.35 bits per heavy atom. The van der Waals surface area contributed by atoms with E-state index in [9.17, 15) is 18.0 Å². The highest BCUT2D eigenvalue weighted by Crippen LogP contribution is 2.53. The highest BCUT2D eigenvalue weighted by Gasteiger charge is 2.57. The Kier molecular flexibility index (Phi) is 4.36. The number of hydrogen-bond acceptors (Lipinski definition) is 3. The molecule has 128 valence electrons. The molecule has 1 fully saturated rings. The fraction of sp³-hybridized carbons (Fsp3) is 0.562. The van der Waals surface area contributed by atoms with Gasteiger partial charge in [0.1, 0.15) is 11.4 Å². The van der Waals surface area contributed by atoms with E-state index in [1.54, 1.807) is 20.8 Å². The lowest BCUT2D eigenvalue weighted by Crippen LogP contribution is -2.54. The molecule has 1 saturated carbocycles. The number of nitrogens with two attached hydrogens (primary N) is 1. The summed E-state index contributed by atoms with van der Waals surface area (Å²) in [4.78, 5) is 11.7. The van der Waals surface area contributed by atoms with E-state index in [2.05, 4.69) is 5.32 Å².